The summed E-state index contributed by atoms with van der Waals surface area (Å²) < 4.78 is 33.6. The van der Waals surface area contributed by atoms with Crippen LogP contribution in [0.3, 0.4) is 0 Å². The highest BCUT2D eigenvalue weighted by molar-refractivity contribution is 7.89. The standard InChI is InChI=1S/C14H24N4O3S/c1-16-7-13(15-11-16)22(19,20)18-9-14(10-18)6-12(8-21-3)4-5-17(14)2/h7,11-12H,4-6,8-10H2,1-3H3. The van der Waals surface area contributed by atoms with E-state index in [-0.39, 0.29) is 10.6 Å². The van der Waals surface area contributed by atoms with Crippen LogP contribution >= 0.6 is 0 Å². The monoisotopic (exact) mass is 328 g/mol. The van der Waals surface area contributed by atoms with Crippen molar-refractivity contribution >= 4 is 10.0 Å². The maximum Gasteiger partial charge on any atom is 0.262 e. The third-order valence-corrected chi connectivity index (χ3v) is 6.66. The molecule has 2 saturated heterocycles. The molecular formula is C14H24N4O3S. The summed E-state index contributed by atoms with van der Waals surface area (Å²) in [5.74, 6) is 0.515. The summed E-state index contributed by atoms with van der Waals surface area (Å²) in [6.07, 6.45) is 5.17. The number of nitrogens with zero attached hydrogens (tertiary/aromatic N) is 4. The molecule has 0 radical (unpaired) electrons. The molecule has 3 rings (SSSR count). The van der Waals surface area contributed by atoms with E-state index in [4.69, 9.17) is 4.74 Å². The quantitative estimate of drug-likeness (QED) is 0.787. The minimum Gasteiger partial charge on any atom is -0.384 e. The number of sulfonamides is 1. The molecule has 7 nitrogen and oxygen atoms in total. The first-order valence-electron chi connectivity index (χ1n) is 7.56. The van der Waals surface area contributed by atoms with Crippen molar-refractivity contribution < 1.29 is 13.2 Å². The van der Waals surface area contributed by atoms with Crippen LogP contribution in [0, 0.1) is 5.92 Å². The lowest BCUT2D eigenvalue weighted by Gasteiger charge is -2.57. The molecule has 8 heteroatoms. The van der Waals surface area contributed by atoms with E-state index in [0.29, 0.717) is 19.0 Å². The minimum absolute atomic E-state index is 0.0384. The molecule has 0 aliphatic carbocycles. The van der Waals surface area contributed by atoms with Crippen molar-refractivity contribution in [3.8, 4) is 0 Å². The van der Waals surface area contributed by atoms with Crippen LogP contribution in [-0.4, -0.2) is 73.1 Å². The van der Waals surface area contributed by atoms with Gasteiger partial charge in [-0.1, -0.05) is 0 Å². The summed E-state index contributed by atoms with van der Waals surface area (Å²) in [7, 11) is 2.12. The molecule has 0 N–H and O–H groups in total. The van der Waals surface area contributed by atoms with Crippen LogP contribution in [0.5, 0.6) is 0 Å². The van der Waals surface area contributed by atoms with Gasteiger partial charge >= 0.3 is 0 Å². The lowest BCUT2D eigenvalue weighted by Crippen LogP contribution is -2.72. The smallest absolute Gasteiger partial charge is 0.262 e. The van der Waals surface area contributed by atoms with Crippen LogP contribution in [0.15, 0.2) is 17.6 Å². The van der Waals surface area contributed by atoms with Gasteiger partial charge in [0.25, 0.3) is 10.0 Å². The Morgan fingerprint density at radius 1 is 1.41 bits per heavy atom. The number of methoxy groups -OCH3 is 1. The van der Waals surface area contributed by atoms with Crippen LogP contribution < -0.4 is 0 Å². The zero-order chi connectivity index (χ0) is 16.0. The maximum absolute atomic E-state index is 12.6. The second-order valence-corrected chi connectivity index (χ2v) is 8.50. The number of imidazole rings is 1. The van der Waals surface area contributed by atoms with Gasteiger partial charge in [-0.25, -0.2) is 13.4 Å². The van der Waals surface area contributed by atoms with Crippen molar-refractivity contribution in [2.45, 2.75) is 23.4 Å². The zero-order valence-electron chi connectivity index (χ0n) is 13.4. The Morgan fingerprint density at radius 2 is 2.14 bits per heavy atom. The average Bonchev–Trinajstić information content (AvgIpc) is 2.86. The second-order valence-electron chi connectivity index (χ2n) is 6.61. The molecule has 3 heterocycles. The predicted molar refractivity (Wildman–Crippen MR) is 81.9 cm³/mol. The van der Waals surface area contributed by atoms with Gasteiger partial charge in [0.15, 0.2) is 5.03 Å². The van der Waals surface area contributed by atoms with Crippen molar-refractivity contribution in [2.75, 3.05) is 40.4 Å². The third kappa shape index (κ3) is 2.58. The Hall–Kier alpha value is -0.960. The first-order valence-corrected chi connectivity index (χ1v) is 9.00. The molecule has 1 unspecified atom stereocenters. The molecule has 1 atom stereocenters. The molecule has 0 amide bonds. The Labute approximate surface area is 131 Å². The molecule has 2 aliphatic rings. The van der Waals surface area contributed by atoms with E-state index in [1.165, 1.54) is 6.33 Å². The van der Waals surface area contributed by atoms with Crippen molar-refractivity contribution in [3.63, 3.8) is 0 Å². The summed E-state index contributed by atoms with van der Waals surface area (Å²) in [6.45, 7) is 2.83. The summed E-state index contributed by atoms with van der Waals surface area (Å²) in [6, 6.07) is 0. The summed E-state index contributed by atoms with van der Waals surface area (Å²) in [5.41, 5.74) is -0.0384. The lowest BCUT2D eigenvalue weighted by molar-refractivity contribution is -0.0548. The van der Waals surface area contributed by atoms with Crippen molar-refractivity contribution in [1.29, 1.82) is 0 Å². The highest BCUT2D eigenvalue weighted by Gasteiger charge is 2.53. The first-order chi connectivity index (χ1) is 10.4. The van der Waals surface area contributed by atoms with E-state index in [0.717, 1.165) is 26.0 Å². The molecular weight excluding hydrogens is 304 g/mol. The van der Waals surface area contributed by atoms with E-state index in [9.17, 15) is 8.42 Å². The summed E-state index contributed by atoms with van der Waals surface area (Å²) in [4.78, 5) is 6.30. The van der Waals surface area contributed by atoms with Gasteiger partial charge in [0.2, 0.25) is 0 Å². The number of aromatic nitrogens is 2. The van der Waals surface area contributed by atoms with Gasteiger partial charge in [-0.15, -0.1) is 0 Å². The third-order valence-electron chi connectivity index (χ3n) is 4.98. The van der Waals surface area contributed by atoms with E-state index in [1.807, 2.05) is 0 Å². The second kappa shape index (κ2) is 5.59. The number of hydrogen-bond donors (Lipinski definition) is 0. The predicted octanol–water partition coefficient (Wildman–Crippen LogP) is 0.151. The van der Waals surface area contributed by atoms with Crippen LogP contribution in [0.25, 0.3) is 0 Å². The van der Waals surface area contributed by atoms with E-state index in [1.54, 1.807) is 29.2 Å². The Balaban J connectivity index is 1.72. The molecule has 124 valence electrons. The lowest BCUT2D eigenvalue weighted by atomic mass is 9.77. The van der Waals surface area contributed by atoms with Crippen LogP contribution in [0.1, 0.15) is 12.8 Å². The molecule has 0 aromatic carbocycles. The van der Waals surface area contributed by atoms with Gasteiger partial charge in [-0.3, -0.25) is 4.90 Å². The average molecular weight is 328 g/mol. The number of piperidine rings is 1. The van der Waals surface area contributed by atoms with E-state index in [2.05, 4.69) is 16.9 Å². The molecule has 1 aromatic rings. The zero-order valence-corrected chi connectivity index (χ0v) is 14.2. The molecule has 2 aliphatic heterocycles. The number of likely N-dealkylation sites (tertiary alicyclic amines) is 1. The van der Waals surface area contributed by atoms with Gasteiger partial charge < -0.3 is 9.30 Å². The fourth-order valence-electron chi connectivity index (χ4n) is 3.59. The van der Waals surface area contributed by atoms with Crippen LogP contribution in [-0.2, 0) is 21.8 Å². The van der Waals surface area contributed by atoms with Gasteiger partial charge in [0.1, 0.15) is 0 Å². The molecule has 0 bridgehead atoms. The highest BCUT2D eigenvalue weighted by atomic mass is 32.2. The van der Waals surface area contributed by atoms with Gasteiger partial charge in [0.05, 0.1) is 6.33 Å². The molecule has 22 heavy (non-hydrogen) atoms. The Morgan fingerprint density at radius 3 is 2.73 bits per heavy atom. The van der Waals surface area contributed by atoms with E-state index >= 15 is 0 Å². The fraction of sp³-hybridized carbons (Fsp3) is 0.786. The van der Waals surface area contributed by atoms with Crippen molar-refractivity contribution in [1.82, 2.24) is 18.8 Å². The van der Waals surface area contributed by atoms with E-state index < -0.39 is 10.0 Å². The number of aryl methyl sites for hydroxylation is 1. The maximum atomic E-state index is 12.6. The topological polar surface area (TPSA) is 67.7 Å². The summed E-state index contributed by atoms with van der Waals surface area (Å²) >= 11 is 0. The first kappa shape index (κ1) is 15.9. The molecule has 1 spiro atoms. The van der Waals surface area contributed by atoms with Gasteiger partial charge in [0, 0.05) is 45.6 Å². The normalized spacial score (nSPS) is 26.2. The van der Waals surface area contributed by atoms with Gasteiger partial charge in [-0.05, 0) is 32.4 Å². The van der Waals surface area contributed by atoms with Crippen LogP contribution in [0.2, 0.25) is 0 Å². The highest BCUT2D eigenvalue weighted by Crippen LogP contribution is 2.40. The fourth-order valence-corrected chi connectivity index (χ4v) is 5.16. The number of ether oxygens (including phenoxy) is 1. The van der Waals surface area contributed by atoms with Crippen molar-refractivity contribution in [2.24, 2.45) is 13.0 Å². The number of rotatable bonds is 4. The molecule has 1 aromatic heterocycles. The number of likely N-dealkylation sites (N-methyl/N-ethyl adjacent to an activating group) is 1. The Bertz CT molecular complexity index is 636. The van der Waals surface area contributed by atoms with Gasteiger partial charge in [-0.2, -0.15) is 4.31 Å². The molecule has 2 fully saturated rings. The minimum atomic E-state index is -3.47. The largest absolute Gasteiger partial charge is 0.384 e. The SMILES string of the molecule is COCC1CCN(C)C2(C1)CN(S(=O)(=O)c1cn(C)cn1)C2. The van der Waals surface area contributed by atoms with Crippen molar-refractivity contribution in [3.05, 3.63) is 12.5 Å². The Kier molecular flexibility index (Phi) is 4.05. The molecule has 0 saturated carbocycles. The summed E-state index contributed by atoms with van der Waals surface area (Å²) in [5, 5.41) is 0.136. The number of hydrogen-bond acceptors (Lipinski definition) is 5. The van der Waals surface area contributed by atoms with Crippen LogP contribution in [0.4, 0.5) is 0 Å².